The van der Waals surface area contributed by atoms with Crippen molar-refractivity contribution in [2.75, 3.05) is 7.05 Å². The molecule has 0 bridgehead atoms. The molecule has 2 heterocycles. The zero-order valence-electron chi connectivity index (χ0n) is 11.6. The lowest BCUT2D eigenvalue weighted by atomic mass is 10.2. The van der Waals surface area contributed by atoms with Gasteiger partial charge in [0.05, 0.1) is 12.2 Å². The van der Waals surface area contributed by atoms with E-state index in [1.807, 2.05) is 11.4 Å². The van der Waals surface area contributed by atoms with Crippen LogP contribution in [0.3, 0.4) is 0 Å². The molecule has 1 N–H and O–H groups in total. The third-order valence-electron chi connectivity index (χ3n) is 2.77. The van der Waals surface area contributed by atoms with Crippen LogP contribution in [0.5, 0.6) is 0 Å². The van der Waals surface area contributed by atoms with E-state index in [0.717, 1.165) is 16.5 Å². The second-order valence-electron chi connectivity index (χ2n) is 4.45. The number of thiophene rings is 1. The third-order valence-corrected chi connectivity index (χ3v) is 3.71. The largest absolute Gasteiger partial charge is 0.478 e. The third kappa shape index (κ3) is 3.79. The lowest BCUT2D eigenvalue weighted by Gasteiger charge is -2.14. The average molecular weight is 306 g/mol. The van der Waals surface area contributed by atoms with Crippen molar-refractivity contribution < 1.29 is 19.1 Å². The van der Waals surface area contributed by atoms with E-state index in [-0.39, 0.29) is 11.7 Å². The number of carboxylic acid groups (broad SMARTS) is 1. The van der Waals surface area contributed by atoms with Crippen LogP contribution in [-0.4, -0.2) is 33.9 Å². The van der Waals surface area contributed by atoms with Crippen LogP contribution in [0.15, 0.2) is 28.3 Å². The van der Waals surface area contributed by atoms with E-state index >= 15 is 0 Å². The number of carboxylic acids is 1. The molecule has 0 atom stereocenters. The van der Waals surface area contributed by atoms with E-state index in [9.17, 15) is 9.59 Å². The number of aliphatic carboxylic acids is 1. The van der Waals surface area contributed by atoms with Gasteiger partial charge in [-0.1, -0.05) is 0 Å². The van der Waals surface area contributed by atoms with Gasteiger partial charge in [0.2, 0.25) is 5.76 Å². The lowest BCUT2D eigenvalue weighted by Crippen LogP contribution is -2.26. The fourth-order valence-electron chi connectivity index (χ4n) is 1.72. The molecule has 0 radical (unpaired) electrons. The standard InChI is InChI=1S/C14H14N2O4S/c1-9-13(20-8-15-9)14(19)16(2)6-11-5-10(7-21-11)3-4-12(17)18/h3-5,7-8H,6H2,1-2H3,(H,17,18)/b4-3+. The number of carbonyl (C=O) groups excluding carboxylic acids is 1. The smallest absolute Gasteiger partial charge is 0.328 e. The Morgan fingerprint density at radius 3 is 2.90 bits per heavy atom. The summed E-state index contributed by atoms with van der Waals surface area (Å²) in [6, 6.07) is 1.85. The van der Waals surface area contributed by atoms with Gasteiger partial charge in [0.1, 0.15) is 0 Å². The average Bonchev–Trinajstić information content (AvgIpc) is 3.04. The Hall–Kier alpha value is -2.41. The topological polar surface area (TPSA) is 83.6 Å². The molecule has 2 rings (SSSR count). The molecule has 0 aromatic carbocycles. The van der Waals surface area contributed by atoms with Gasteiger partial charge in [-0.05, 0) is 30.0 Å². The number of nitrogens with zero attached hydrogens (tertiary/aromatic N) is 2. The molecule has 0 aliphatic rings. The Morgan fingerprint density at radius 1 is 1.52 bits per heavy atom. The van der Waals surface area contributed by atoms with Gasteiger partial charge >= 0.3 is 5.97 Å². The Morgan fingerprint density at radius 2 is 2.29 bits per heavy atom. The highest BCUT2D eigenvalue weighted by Crippen LogP contribution is 2.19. The van der Waals surface area contributed by atoms with Crippen molar-refractivity contribution in [3.63, 3.8) is 0 Å². The lowest BCUT2D eigenvalue weighted by molar-refractivity contribution is -0.131. The minimum atomic E-state index is -0.990. The van der Waals surface area contributed by atoms with Gasteiger partial charge in [-0.2, -0.15) is 0 Å². The van der Waals surface area contributed by atoms with Gasteiger partial charge in [-0.3, -0.25) is 4.79 Å². The van der Waals surface area contributed by atoms with E-state index in [1.54, 1.807) is 14.0 Å². The number of carbonyl (C=O) groups is 2. The van der Waals surface area contributed by atoms with Crippen LogP contribution in [0.25, 0.3) is 6.08 Å². The minimum Gasteiger partial charge on any atom is -0.478 e. The summed E-state index contributed by atoms with van der Waals surface area (Å²) in [6.45, 7) is 2.13. The van der Waals surface area contributed by atoms with Crippen LogP contribution in [-0.2, 0) is 11.3 Å². The molecule has 0 aliphatic carbocycles. The van der Waals surface area contributed by atoms with Crippen LogP contribution in [0.2, 0.25) is 0 Å². The minimum absolute atomic E-state index is 0.235. The Labute approximate surface area is 125 Å². The predicted molar refractivity (Wildman–Crippen MR) is 78.0 cm³/mol. The van der Waals surface area contributed by atoms with Gasteiger partial charge < -0.3 is 14.4 Å². The fraction of sp³-hybridized carbons (Fsp3) is 0.214. The maximum atomic E-state index is 12.2. The zero-order valence-corrected chi connectivity index (χ0v) is 12.4. The number of aryl methyl sites for hydroxylation is 1. The van der Waals surface area contributed by atoms with Crippen molar-refractivity contribution in [1.29, 1.82) is 0 Å². The molecular weight excluding hydrogens is 292 g/mol. The van der Waals surface area contributed by atoms with Crippen molar-refractivity contribution >= 4 is 29.3 Å². The number of hydrogen-bond donors (Lipinski definition) is 1. The highest BCUT2D eigenvalue weighted by atomic mass is 32.1. The van der Waals surface area contributed by atoms with E-state index in [2.05, 4.69) is 4.98 Å². The summed E-state index contributed by atoms with van der Waals surface area (Å²) >= 11 is 1.46. The highest BCUT2D eigenvalue weighted by molar-refractivity contribution is 7.10. The quantitative estimate of drug-likeness (QED) is 0.858. The van der Waals surface area contributed by atoms with Gasteiger partial charge in [-0.25, -0.2) is 9.78 Å². The summed E-state index contributed by atoms with van der Waals surface area (Å²) in [4.78, 5) is 29.0. The van der Waals surface area contributed by atoms with Gasteiger partial charge in [0, 0.05) is 18.0 Å². The molecule has 2 aromatic heterocycles. The van der Waals surface area contributed by atoms with E-state index in [1.165, 1.54) is 28.7 Å². The second-order valence-corrected chi connectivity index (χ2v) is 5.44. The first-order chi connectivity index (χ1) is 9.97. The van der Waals surface area contributed by atoms with Crippen molar-refractivity contribution in [1.82, 2.24) is 9.88 Å². The Kier molecular flexibility index (Phi) is 4.54. The van der Waals surface area contributed by atoms with Crippen LogP contribution in [0, 0.1) is 6.92 Å². The summed E-state index contributed by atoms with van der Waals surface area (Å²) < 4.78 is 5.08. The second kappa shape index (κ2) is 6.36. The predicted octanol–water partition coefficient (Wildman–Crippen LogP) is 2.41. The highest BCUT2D eigenvalue weighted by Gasteiger charge is 2.18. The van der Waals surface area contributed by atoms with Crippen molar-refractivity contribution in [2.45, 2.75) is 13.5 Å². The van der Waals surface area contributed by atoms with Crippen LogP contribution < -0.4 is 0 Å². The van der Waals surface area contributed by atoms with E-state index < -0.39 is 5.97 Å². The first-order valence-corrected chi connectivity index (χ1v) is 6.99. The molecule has 0 saturated heterocycles. The summed E-state index contributed by atoms with van der Waals surface area (Å²) in [6.07, 6.45) is 3.85. The van der Waals surface area contributed by atoms with Crippen molar-refractivity contribution in [2.24, 2.45) is 0 Å². The molecule has 0 spiro atoms. The van der Waals surface area contributed by atoms with E-state index in [0.29, 0.717) is 12.2 Å². The van der Waals surface area contributed by atoms with Crippen LogP contribution in [0.4, 0.5) is 0 Å². The van der Waals surface area contributed by atoms with E-state index in [4.69, 9.17) is 9.52 Å². The zero-order chi connectivity index (χ0) is 15.4. The molecular formula is C14H14N2O4S. The molecule has 0 aliphatic heterocycles. The molecule has 1 amide bonds. The molecule has 0 unspecified atom stereocenters. The van der Waals surface area contributed by atoms with Crippen LogP contribution in [0.1, 0.15) is 26.7 Å². The van der Waals surface area contributed by atoms with Gasteiger partial charge in [0.25, 0.3) is 5.91 Å². The van der Waals surface area contributed by atoms with Gasteiger partial charge in [-0.15, -0.1) is 11.3 Å². The van der Waals surface area contributed by atoms with Gasteiger partial charge in [0.15, 0.2) is 6.39 Å². The molecule has 6 nitrogen and oxygen atoms in total. The molecule has 110 valence electrons. The summed E-state index contributed by atoms with van der Waals surface area (Å²) in [5.74, 6) is -0.989. The summed E-state index contributed by atoms with van der Waals surface area (Å²) in [5.41, 5.74) is 1.36. The maximum absolute atomic E-state index is 12.2. The van der Waals surface area contributed by atoms with Crippen LogP contribution >= 0.6 is 11.3 Å². The number of amides is 1. The first kappa shape index (κ1) is 15.0. The summed E-state index contributed by atoms with van der Waals surface area (Å²) in [7, 11) is 1.68. The van der Waals surface area contributed by atoms with Crippen molar-refractivity contribution in [3.05, 3.63) is 45.8 Å². The molecule has 0 saturated carbocycles. The molecule has 21 heavy (non-hydrogen) atoms. The fourth-order valence-corrected chi connectivity index (χ4v) is 2.63. The number of oxazole rings is 1. The molecule has 7 heteroatoms. The first-order valence-electron chi connectivity index (χ1n) is 6.11. The molecule has 2 aromatic rings. The Balaban J connectivity index is 2.03. The number of aromatic nitrogens is 1. The number of rotatable bonds is 5. The molecule has 0 fully saturated rings. The normalized spacial score (nSPS) is 11.0. The maximum Gasteiger partial charge on any atom is 0.328 e. The monoisotopic (exact) mass is 306 g/mol. The summed E-state index contributed by atoms with van der Waals surface area (Å²) in [5, 5.41) is 10.4. The van der Waals surface area contributed by atoms with Crippen molar-refractivity contribution in [3.8, 4) is 0 Å². The Bertz CT molecular complexity index is 687. The number of hydrogen-bond acceptors (Lipinski definition) is 5. The SMILES string of the molecule is Cc1ncoc1C(=O)N(C)Cc1cc(/C=C/C(=O)O)cs1.